The molecule has 1 fully saturated rings. The highest BCUT2D eigenvalue weighted by atomic mass is 19.4. The molecule has 1 aliphatic heterocycles. The van der Waals surface area contributed by atoms with E-state index in [0.717, 1.165) is 54.5 Å². The number of anilines is 3. The first kappa shape index (κ1) is 31.4. The Morgan fingerprint density at radius 3 is 2.36 bits per heavy atom. The zero-order valence-corrected chi connectivity index (χ0v) is 24.7. The molecule has 13 heteroatoms. The molecule has 8 N–H and O–H groups in total. The summed E-state index contributed by atoms with van der Waals surface area (Å²) in [5.41, 5.74) is 14.6. The van der Waals surface area contributed by atoms with Crippen LogP contribution in [0.1, 0.15) is 32.6 Å². The number of benzene rings is 2. The summed E-state index contributed by atoms with van der Waals surface area (Å²) >= 11 is 0. The zero-order valence-electron chi connectivity index (χ0n) is 24.7. The van der Waals surface area contributed by atoms with Crippen LogP contribution in [0.4, 0.5) is 30.5 Å². The lowest BCUT2D eigenvalue weighted by Crippen LogP contribution is -2.46. The number of hydrogen-bond donors (Lipinski definition) is 5. The summed E-state index contributed by atoms with van der Waals surface area (Å²) in [7, 11) is 2.09. The molecule has 0 unspecified atom stereocenters. The highest BCUT2D eigenvalue weighted by Crippen LogP contribution is 2.31. The number of piperazine rings is 1. The number of nitrogens with one attached hydrogen (secondary N) is 2. The molecule has 0 aliphatic carbocycles. The number of nitrogens with zero attached hydrogens (tertiary/aromatic N) is 4. The van der Waals surface area contributed by atoms with E-state index in [9.17, 15) is 18.0 Å². The lowest BCUT2D eigenvalue weighted by Gasteiger charge is -2.32. The normalized spacial score (nSPS) is 14.2. The van der Waals surface area contributed by atoms with E-state index >= 15 is 0 Å². The molecule has 0 spiro atoms. The van der Waals surface area contributed by atoms with Crippen LogP contribution in [0, 0.1) is 0 Å². The predicted octanol–water partition coefficient (Wildman–Crippen LogP) is 2.82. The molecule has 1 amide bonds. The van der Waals surface area contributed by atoms with Gasteiger partial charge in [0.15, 0.2) is 0 Å². The number of pyridine rings is 2. The fraction of sp³-hybridized carbons (Fsp3) is 0.250. The van der Waals surface area contributed by atoms with Crippen molar-refractivity contribution in [1.29, 1.82) is 0 Å². The number of alkyl halides is 3. The summed E-state index contributed by atoms with van der Waals surface area (Å²) in [6.07, 6.45) is -2.35. The molecule has 1 aliphatic rings. The Hall–Kier alpha value is -5.01. The van der Waals surface area contributed by atoms with Crippen LogP contribution in [0.15, 0.2) is 73.1 Å². The first-order valence-electron chi connectivity index (χ1n) is 14.3. The van der Waals surface area contributed by atoms with Crippen molar-refractivity contribution in [3.63, 3.8) is 0 Å². The first-order chi connectivity index (χ1) is 21.5. The molecule has 2 aromatic carbocycles. The third kappa shape index (κ3) is 7.94. The Labute approximate surface area is 258 Å². The van der Waals surface area contributed by atoms with Gasteiger partial charge < -0.3 is 21.3 Å². The molecule has 5 rings (SSSR count). The van der Waals surface area contributed by atoms with E-state index in [0.29, 0.717) is 24.0 Å². The number of nitrogen functional groups attached to an aromatic ring is 1. The van der Waals surface area contributed by atoms with E-state index < -0.39 is 17.6 Å². The third-order valence-corrected chi connectivity index (χ3v) is 7.62. The standard InChI is InChI=1S/C32H34F3N9O/c1-43-9-11-44(12-10-43)19-21-3-2-4-25(13-21)42-31(45)27-15-24(32(33,34)35)18-41-30(27)40-16-20-5-7-22(8-6-20)23-14-26(28(36)37)29(38)39-17-23/h2-8,13-15,17-18H,9-12,16,19H2,1H3,(H3,36,37)(H2,38,39)(H,40,41)(H,42,45)/p+1. The number of hydrogen-bond acceptors (Lipinski definition) is 7. The van der Waals surface area contributed by atoms with Crippen molar-refractivity contribution < 1.29 is 23.4 Å². The van der Waals surface area contributed by atoms with Gasteiger partial charge in [-0.2, -0.15) is 13.2 Å². The highest BCUT2D eigenvalue weighted by molar-refractivity contribution is 6.07. The van der Waals surface area contributed by atoms with Crippen LogP contribution < -0.4 is 27.5 Å². The quantitative estimate of drug-likeness (QED) is 0.142. The number of carbonyl (C=O) groups excluding carboxylic acids is 1. The van der Waals surface area contributed by atoms with Gasteiger partial charge in [0.25, 0.3) is 11.7 Å². The lowest BCUT2D eigenvalue weighted by atomic mass is 10.0. The van der Waals surface area contributed by atoms with Crippen LogP contribution in [0.25, 0.3) is 11.1 Å². The van der Waals surface area contributed by atoms with Gasteiger partial charge in [-0.3, -0.25) is 20.8 Å². The Kier molecular flexibility index (Phi) is 9.30. The van der Waals surface area contributed by atoms with Gasteiger partial charge in [0.05, 0.1) is 11.1 Å². The van der Waals surface area contributed by atoms with E-state index in [1.54, 1.807) is 18.3 Å². The second-order valence-corrected chi connectivity index (χ2v) is 11.0. The maximum absolute atomic E-state index is 13.6. The maximum Gasteiger partial charge on any atom is 0.417 e. The number of amidine groups is 1. The van der Waals surface area contributed by atoms with E-state index in [1.165, 1.54) is 0 Å². The Morgan fingerprint density at radius 2 is 1.67 bits per heavy atom. The first-order valence-corrected chi connectivity index (χ1v) is 14.3. The van der Waals surface area contributed by atoms with Crippen LogP contribution in [-0.4, -0.2) is 64.7 Å². The summed E-state index contributed by atoms with van der Waals surface area (Å²) in [4.78, 5) is 26.1. The predicted molar refractivity (Wildman–Crippen MR) is 168 cm³/mol. The van der Waals surface area contributed by atoms with Gasteiger partial charge in [-0.05, 0) is 48.0 Å². The van der Waals surface area contributed by atoms with E-state index in [1.807, 2.05) is 42.5 Å². The number of rotatable bonds is 9. The number of carbonyl (C=O) groups is 1. The molecule has 0 bridgehead atoms. The second kappa shape index (κ2) is 13.3. The van der Waals surface area contributed by atoms with Gasteiger partial charge in [-0.25, -0.2) is 9.97 Å². The van der Waals surface area contributed by atoms with Crippen molar-refractivity contribution in [2.45, 2.75) is 19.3 Å². The fourth-order valence-electron chi connectivity index (χ4n) is 5.01. The smallest absolute Gasteiger partial charge is 0.383 e. The molecule has 45 heavy (non-hydrogen) atoms. The molecule has 1 saturated heterocycles. The molecule has 0 radical (unpaired) electrons. The van der Waals surface area contributed by atoms with Crippen molar-refractivity contribution in [3.8, 4) is 11.1 Å². The Morgan fingerprint density at radius 1 is 0.933 bits per heavy atom. The fourth-order valence-corrected chi connectivity index (χ4v) is 5.01. The SMILES string of the molecule is CN1CCN(Cc2cccc(NC(=O)c3cc(C(F)(F)F)cnc3NCc3ccc(-c4cnc(N)c(C(N)=[NH2+])c4)cc3)c2)CC1. The minimum Gasteiger partial charge on any atom is -0.383 e. The molecule has 0 saturated carbocycles. The minimum absolute atomic E-state index is 0.0273. The third-order valence-electron chi connectivity index (χ3n) is 7.62. The van der Waals surface area contributed by atoms with Gasteiger partial charge in [0, 0.05) is 62.9 Å². The summed E-state index contributed by atoms with van der Waals surface area (Å²) in [6.45, 7) is 4.73. The summed E-state index contributed by atoms with van der Waals surface area (Å²) < 4.78 is 40.7. The average Bonchev–Trinajstić information content (AvgIpc) is 3.01. The van der Waals surface area contributed by atoms with Crippen LogP contribution in [0.5, 0.6) is 0 Å². The second-order valence-electron chi connectivity index (χ2n) is 11.0. The number of nitrogens with two attached hydrogens (primary N) is 3. The number of amides is 1. The average molecular weight is 619 g/mol. The van der Waals surface area contributed by atoms with E-state index in [-0.39, 0.29) is 29.6 Å². The van der Waals surface area contributed by atoms with Gasteiger partial charge >= 0.3 is 6.18 Å². The molecule has 10 nitrogen and oxygen atoms in total. The van der Waals surface area contributed by atoms with Gasteiger partial charge in [0.2, 0.25) is 0 Å². The van der Waals surface area contributed by atoms with Crippen LogP contribution in [-0.2, 0) is 19.3 Å². The van der Waals surface area contributed by atoms with Crippen LogP contribution in [0.3, 0.4) is 0 Å². The summed E-state index contributed by atoms with van der Waals surface area (Å²) in [5, 5.41) is 11.5. The maximum atomic E-state index is 13.6. The van der Waals surface area contributed by atoms with Crippen LogP contribution in [0.2, 0.25) is 0 Å². The largest absolute Gasteiger partial charge is 0.417 e. The highest BCUT2D eigenvalue weighted by Gasteiger charge is 2.32. The van der Waals surface area contributed by atoms with E-state index in [4.69, 9.17) is 16.9 Å². The number of halogens is 3. The zero-order chi connectivity index (χ0) is 32.1. The molecular weight excluding hydrogens is 583 g/mol. The van der Waals surface area contributed by atoms with Crippen molar-refractivity contribution in [2.75, 3.05) is 49.6 Å². The van der Waals surface area contributed by atoms with Crippen molar-refractivity contribution >= 4 is 29.1 Å². The minimum atomic E-state index is -4.66. The van der Waals surface area contributed by atoms with Crippen molar-refractivity contribution in [2.24, 2.45) is 5.73 Å². The lowest BCUT2D eigenvalue weighted by molar-refractivity contribution is -0.137. The molecule has 234 valence electrons. The van der Waals surface area contributed by atoms with Crippen LogP contribution >= 0.6 is 0 Å². The molecular formula is C32H35F3N9O+. The molecule has 4 aromatic rings. The number of likely N-dealkylation sites (N-methyl/N-ethyl adjacent to an activating group) is 1. The molecule has 3 heterocycles. The van der Waals surface area contributed by atoms with Crippen molar-refractivity contribution in [3.05, 3.63) is 101 Å². The number of aromatic nitrogens is 2. The molecule has 0 atom stereocenters. The van der Waals surface area contributed by atoms with E-state index in [2.05, 4.69) is 37.4 Å². The monoisotopic (exact) mass is 618 g/mol. The summed E-state index contributed by atoms with van der Waals surface area (Å²) in [5.74, 6) is -0.392. The summed E-state index contributed by atoms with van der Waals surface area (Å²) in [6, 6.07) is 17.3. The topological polar surface area (TPSA) is 151 Å². The Balaban J connectivity index is 1.31. The van der Waals surface area contributed by atoms with Gasteiger partial charge in [0.1, 0.15) is 17.2 Å². The van der Waals surface area contributed by atoms with Gasteiger partial charge in [-0.15, -0.1) is 0 Å². The molecule has 2 aromatic heterocycles. The van der Waals surface area contributed by atoms with Gasteiger partial charge in [-0.1, -0.05) is 36.4 Å². The Bertz CT molecular complexity index is 1680. The van der Waals surface area contributed by atoms with Crippen molar-refractivity contribution in [1.82, 2.24) is 19.8 Å².